The fourth-order valence-corrected chi connectivity index (χ4v) is 3.37. The summed E-state index contributed by atoms with van der Waals surface area (Å²) in [6.45, 7) is 5.40. The predicted octanol–water partition coefficient (Wildman–Crippen LogP) is 3.85. The van der Waals surface area contributed by atoms with E-state index in [4.69, 9.17) is 4.74 Å². The summed E-state index contributed by atoms with van der Waals surface area (Å²) in [4.78, 5) is 21.0. The van der Waals surface area contributed by atoms with Crippen molar-refractivity contribution in [1.29, 1.82) is 0 Å². The number of rotatable bonds is 5. The monoisotopic (exact) mass is 407 g/mol. The highest BCUT2D eigenvalue weighted by atomic mass is 19.4. The molecule has 2 heterocycles. The Kier molecular flexibility index (Phi) is 6.74. The number of alkyl halides is 3. The van der Waals surface area contributed by atoms with Crippen LogP contribution in [0.3, 0.4) is 0 Å². The minimum atomic E-state index is -4.32. The molecule has 0 unspecified atom stereocenters. The highest BCUT2D eigenvalue weighted by Gasteiger charge is 2.30. The van der Waals surface area contributed by atoms with E-state index in [9.17, 15) is 18.0 Å². The second-order valence-electron chi connectivity index (χ2n) is 6.91. The summed E-state index contributed by atoms with van der Waals surface area (Å²) in [5.74, 6) is 0.226. The third-order valence-electron chi connectivity index (χ3n) is 4.85. The molecule has 1 aromatic carbocycles. The van der Waals surface area contributed by atoms with E-state index in [2.05, 4.69) is 9.88 Å². The topological polar surface area (TPSA) is 45.7 Å². The standard InChI is InChI=1S/C21H24F3N3O2/c1-2-29-19-18(5-3-10-25-19)20(28)27-12-4-11-26(13-14-27)15-16-6-8-17(9-7-16)21(22,23)24/h3,5-10H,2,4,11-15H2,1H3. The third kappa shape index (κ3) is 5.47. The van der Waals surface area contributed by atoms with Crippen LogP contribution in [-0.2, 0) is 12.7 Å². The van der Waals surface area contributed by atoms with Gasteiger partial charge in [0.05, 0.1) is 12.2 Å². The van der Waals surface area contributed by atoms with Crippen molar-refractivity contribution in [3.63, 3.8) is 0 Å². The highest BCUT2D eigenvalue weighted by molar-refractivity contribution is 5.96. The molecule has 2 aromatic rings. The molecule has 1 amide bonds. The van der Waals surface area contributed by atoms with Crippen molar-refractivity contribution in [1.82, 2.24) is 14.8 Å². The fraction of sp³-hybridized carbons (Fsp3) is 0.429. The lowest BCUT2D eigenvalue weighted by atomic mass is 10.1. The van der Waals surface area contributed by atoms with E-state index in [0.717, 1.165) is 30.7 Å². The molecule has 0 N–H and O–H groups in total. The van der Waals surface area contributed by atoms with Gasteiger partial charge in [0.1, 0.15) is 5.56 Å². The van der Waals surface area contributed by atoms with Gasteiger partial charge in [-0.05, 0) is 43.2 Å². The van der Waals surface area contributed by atoms with Crippen molar-refractivity contribution < 1.29 is 22.7 Å². The molecule has 0 atom stereocenters. The van der Waals surface area contributed by atoms with Gasteiger partial charge in [0.2, 0.25) is 5.88 Å². The molecule has 5 nitrogen and oxygen atoms in total. The molecular weight excluding hydrogens is 383 g/mol. The molecule has 156 valence electrons. The maximum atomic E-state index is 12.9. The Hall–Kier alpha value is -2.61. The normalized spacial score (nSPS) is 15.8. The van der Waals surface area contributed by atoms with E-state index < -0.39 is 11.7 Å². The zero-order chi connectivity index (χ0) is 20.9. The molecular formula is C21H24F3N3O2. The Balaban J connectivity index is 1.61. The molecule has 1 aliphatic heterocycles. The summed E-state index contributed by atoms with van der Waals surface area (Å²) in [5, 5.41) is 0. The lowest BCUT2D eigenvalue weighted by Gasteiger charge is -2.22. The molecule has 3 rings (SSSR count). The molecule has 29 heavy (non-hydrogen) atoms. The first kappa shape index (κ1) is 21.1. The van der Waals surface area contributed by atoms with E-state index in [1.165, 1.54) is 12.1 Å². The number of nitrogens with zero attached hydrogens (tertiary/aromatic N) is 3. The van der Waals surface area contributed by atoms with Crippen LogP contribution in [0, 0.1) is 0 Å². The fourth-order valence-electron chi connectivity index (χ4n) is 3.37. The van der Waals surface area contributed by atoms with Gasteiger partial charge in [-0.15, -0.1) is 0 Å². The lowest BCUT2D eigenvalue weighted by Crippen LogP contribution is -2.35. The first-order valence-electron chi connectivity index (χ1n) is 9.64. The van der Waals surface area contributed by atoms with Crippen molar-refractivity contribution >= 4 is 5.91 Å². The smallest absolute Gasteiger partial charge is 0.416 e. The summed E-state index contributed by atoms with van der Waals surface area (Å²) >= 11 is 0. The van der Waals surface area contributed by atoms with Gasteiger partial charge in [0.15, 0.2) is 0 Å². The second-order valence-corrected chi connectivity index (χ2v) is 6.91. The van der Waals surface area contributed by atoms with Crippen molar-refractivity contribution in [2.45, 2.75) is 26.1 Å². The van der Waals surface area contributed by atoms with Crippen LogP contribution in [0.15, 0.2) is 42.6 Å². The number of ether oxygens (including phenoxy) is 1. The molecule has 1 aromatic heterocycles. The number of aromatic nitrogens is 1. The van der Waals surface area contributed by atoms with E-state index >= 15 is 0 Å². The molecule has 0 aliphatic carbocycles. The molecule has 1 aliphatic rings. The van der Waals surface area contributed by atoms with Gasteiger partial charge in [0.25, 0.3) is 5.91 Å². The molecule has 1 saturated heterocycles. The van der Waals surface area contributed by atoms with Crippen LogP contribution in [0.1, 0.15) is 34.8 Å². The van der Waals surface area contributed by atoms with Crippen LogP contribution < -0.4 is 4.74 Å². The Morgan fingerprint density at radius 2 is 1.86 bits per heavy atom. The minimum absolute atomic E-state index is 0.113. The van der Waals surface area contributed by atoms with E-state index in [1.54, 1.807) is 23.2 Å². The minimum Gasteiger partial charge on any atom is -0.477 e. The van der Waals surface area contributed by atoms with Crippen LogP contribution in [0.4, 0.5) is 13.2 Å². The number of hydrogen-bond acceptors (Lipinski definition) is 4. The van der Waals surface area contributed by atoms with Crippen molar-refractivity contribution in [3.8, 4) is 5.88 Å². The van der Waals surface area contributed by atoms with Crippen molar-refractivity contribution in [2.24, 2.45) is 0 Å². The van der Waals surface area contributed by atoms with Gasteiger partial charge >= 0.3 is 6.18 Å². The van der Waals surface area contributed by atoms with Gasteiger partial charge in [-0.2, -0.15) is 13.2 Å². The number of carbonyl (C=O) groups is 1. The van der Waals surface area contributed by atoms with Gasteiger partial charge in [-0.3, -0.25) is 9.69 Å². The number of amides is 1. The molecule has 0 bridgehead atoms. The Morgan fingerprint density at radius 3 is 2.55 bits per heavy atom. The van der Waals surface area contributed by atoms with Crippen LogP contribution in [0.2, 0.25) is 0 Å². The van der Waals surface area contributed by atoms with Gasteiger partial charge in [-0.1, -0.05) is 12.1 Å². The van der Waals surface area contributed by atoms with Crippen molar-refractivity contribution in [3.05, 3.63) is 59.3 Å². The molecule has 0 spiro atoms. The zero-order valence-electron chi connectivity index (χ0n) is 16.3. The average molecular weight is 407 g/mol. The van der Waals surface area contributed by atoms with Crippen LogP contribution >= 0.6 is 0 Å². The second kappa shape index (κ2) is 9.26. The first-order chi connectivity index (χ1) is 13.9. The van der Waals surface area contributed by atoms with E-state index in [0.29, 0.717) is 44.2 Å². The Labute approximate surface area is 168 Å². The van der Waals surface area contributed by atoms with Gasteiger partial charge in [-0.25, -0.2) is 4.98 Å². The molecule has 1 fully saturated rings. The maximum Gasteiger partial charge on any atom is 0.416 e. The molecule has 0 saturated carbocycles. The summed E-state index contributed by atoms with van der Waals surface area (Å²) in [6, 6.07) is 8.68. The van der Waals surface area contributed by atoms with Crippen LogP contribution in [0.25, 0.3) is 0 Å². The SMILES string of the molecule is CCOc1ncccc1C(=O)N1CCCN(Cc2ccc(C(F)(F)F)cc2)CC1. The quantitative estimate of drug-likeness (QED) is 0.756. The van der Waals surface area contributed by atoms with Crippen LogP contribution in [0.5, 0.6) is 5.88 Å². The lowest BCUT2D eigenvalue weighted by molar-refractivity contribution is -0.137. The Bertz CT molecular complexity index is 825. The number of pyridine rings is 1. The zero-order valence-corrected chi connectivity index (χ0v) is 16.3. The maximum absolute atomic E-state index is 12.9. The van der Waals surface area contributed by atoms with E-state index in [1.807, 2.05) is 6.92 Å². The van der Waals surface area contributed by atoms with Crippen molar-refractivity contribution in [2.75, 3.05) is 32.8 Å². The molecule has 0 radical (unpaired) electrons. The molecule has 8 heteroatoms. The van der Waals surface area contributed by atoms with E-state index in [-0.39, 0.29) is 5.91 Å². The van der Waals surface area contributed by atoms with Gasteiger partial charge in [0, 0.05) is 38.9 Å². The number of hydrogen-bond donors (Lipinski definition) is 0. The summed E-state index contributed by atoms with van der Waals surface area (Å²) in [5.41, 5.74) is 0.629. The summed E-state index contributed by atoms with van der Waals surface area (Å²) in [6.07, 6.45) is -1.94. The van der Waals surface area contributed by atoms with Crippen LogP contribution in [-0.4, -0.2) is 53.5 Å². The summed E-state index contributed by atoms with van der Waals surface area (Å²) in [7, 11) is 0. The first-order valence-corrected chi connectivity index (χ1v) is 9.64. The predicted molar refractivity (Wildman–Crippen MR) is 103 cm³/mol. The number of halogens is 3. The third-order valence-corrected chi connectivity index (χ3v) is 4.85. The van der Waals surface area contributed by atoms with Gasteiger partial charge < -0.3 is 9.64 Å². The number of carbonyl (C=O) groups excluding carboxylic acids is 1. The average Bonchev–Trinajstić information content (AvgIpc) is 2.93. The Morgan fingerprint density at radius 1 is 1.10 bits per heavy atom. The largest absolute Gasteiger partial charge is 0.477 e. The highest BCUT2D eigenvalue weighted by Crippen LogP contribution is 2.29. The number of benzene rings is 1. The summed E-state index contributed by atoms with van der Waals surface area (Å²) < 4.78 is 43.6.